The van der Waals surface area contributed by atoms with Crippen LogP contribution in [0.15, 0.2) is 36.7 Å². The lowest BCUT2D eigenvalue weighted by molar-refractivity contribution is -0.133. The van der Waals surface area contributed by atoms with Gasteiger partial charge < -0.3 is 4.90 Å². The third-order valence-corrected chi connectivity index (χ3v) is 4.43. The van der Waals surface area contributed by atoms with Crippen molar-refractivity contribution < 1.29 is 4.79 Å². The Morgan fingerprint density at radius 2 is 2.00 bits per heavy atom. The van der Waals surface area contributed by atoms with Crippen molar-refractivity contribution in [3.05, 3.63) is 42.5 Å². The summed E-state index contributed by atoms with van der Waals surface area (Å²) in [6.45, 7) is 1.50. The van der Waals surface area contributed by atoms with Gasteiger partial charge in [0.25, 0.3) is 0 Å². The van der Waals surface area contributed by atoms with Crippen LogP contribution in [0.2, 0.25) is 0 Å². The smallest absolute Gasteiger partial charge is 0.246 e. The molecule has 0 aliphatic carbocycles. The summed E-state index contributed by atoms with van der Waals surface area (Å²) in [5.41, 5.74) is 0.883. The third-order valence-electron chi connectivity index (χ3n) is 4.43. The number of nitrogens with one attached hydrogen (secondary N) is 1. The number of tetrazole rings is 1. The van der Waals surface area contributed by atoms with Crippen LogP contribution in [0.3, 0.4) is 0 Å². The molecule has 0 bridgehead atoms. The van der Waals surface area contributed by atoms with E-state index in [2.05, 4.69) is 30.6 Å². The van der Waals surface area contributed by atoms with Crippen molar-refractivity contribution in [3.63, 3.8) is 0 Å². The Labute approximate surface area is 144 Å². The minimum Gasteiger partial charge on any atom is -0.341 e. The van der Waals surface area contributed by atoms with Crippen LogP contribution in [-0.4, -0.2) is 59.3 Å². The number of hydrogen-bond acceptors (Lipinski definition) is 6. The van der Waals surface area contributed by atoms with E-state index in [9.17, 15) is 4.79 Å². The minimum atomic E-state index is 0.00744. The van der Waals surface area contributed by atoms with Crippen LogP contribution in [-0.2, 0) is 11.3 Å². The van der Waals surface area contributed by atoms with E-state index in [1.54, 1.807) is 0 Å². The molecule has 9 heteroatoms. The van der Waals surface area contributed by atoms with Crippen molar-refractivity contribution in [3.8, 4) is 11.4 Å². The molecule has 1 aliphatic heterocycles. The Bertz CT molecular complexity index is 821. The molecule has 1 aromatic carbocycles. The number of amides is 1. The maximum Gasteiger partial charge on any atom is 0.246 e. The predicted molar refractivity (Wildman–Crippen MR) is 88.2 cm³/mol. The van der Waals surface area contributed by atoms with Gasteiger partial charge in [0.2, 0.25) is 11.7 Å². The zero-order valence-corrected chi connectivity index (χ0v) is 13.6. The number of nitrogens with zero attached hydrogens (tertiary/aromatic N) is 7. The van der Waals surface area contributed by atoms with Crippen molar-refractivity contribution in [2.45, 2.75) is 25.3 Å². The highest BCUT2D eigenvalue weighted by Crippen LogP contribution is 2.25. The summed E-state index contributed by atoms with van der Waals surface area (Å²) < 4.78 is 0. The summed E-state index contributed by atoms with van der Waals surface area (Å²) in [5.74, 6) is 1.77. The van der Waals surface area contributed by atoms with Crippen LogP contribution in [0.4, 0.5) is 0 Å². The molecular formula is C16H18N8O. The average molecular weight is 338 g/mol. The topological polar surface area (TPSA) is 105 Å². The lowest BCUT2D eigenvalue weighted by Gasteiger charge is -2.30. The number of hydrogen-bond donors (Lipinski definition) is 1. The summed E-state index contributed by atoms with van der Waals surface area (Å²) in [6.07, 6.45) is 3.27. The zero-order valence-electron chi connectivity index (χ0n) is 13.6. The number of rotatable bonds is 4. The van der Waals surface area contributed by atoms with Gasteiger partial charge in [0.15, 0.2) is 0 Å². The van der Waals surface area contributed by atoms with Crippen molar-refractivity contribution in [1.82, 2.24) is 40.3 Å². The Kier molecular flexibility index (Phi) is 4.19. The molecule has 3 heterocycles. The Hall–Kier alpha value is -3.10. The number of aromatic nitrogens is 7. The van der Waals surface area contributed by atoms with Gasteiger partial charge in [0.05, 0.1) is 0 Å². The molecule has 128 valence electrons. The van der Waals surface area contributed by atoms with Gasteiger partial charge in [0, 0.05) is 24.6 Å². The molecule has 9 nitrogen and oxygen atoms in total. The lowest BCUT2D eigenvalue weighted by Crippen LogP contribution is -2.40. The highest BCUT2D eigenvalue weighted by Gasteiger charge is 2.25. The molecule has 0 spiro atoms. The van der Waals surface area contributed by atoms with Gasteiger partial charge in [-0.1, -0.05) is 30.3 Å². The van der Waals surface area contributed by atoms with Crippen LogP contribution in [0.25, 0.3) is 11.4 Å². The molecule has 1 N–H and O–H groups in total. The summed E-state index contributed by atoms with van der Waals surface area (Å²) in [4.78, 5) is 19.9. The Morgan fingerprint density at radius 1 is 1.20 bits per heavy atom. The predicted octanol–water partition coefficient (Wildman–Crippen LogP) is 0.864. The number of piperidine rings is 1. The number of H-pyrrole nitrogens is 1. The van der Waals surface area contributed by atoms with E-state index in [1.807, 2.05) is 35.2 Å². The molecule has 0 saturated carbocycles. The van der Waals surface area contributed by atoms with Gasteiger partial charge >= 0.3 is 0 Å². The summed E-state index contributed by atoms with van der Waals surface area (Å²) in [7, 11) is 0. The van der Waals surface area contributed by atoms with E-state index >= 15 is 0 Å². The largest absolute Gasteiger partial charge is 0.341 e. The maximum atomic E-state index is 12.5. The summed E-state index contributed by atoms with van der Waals surface area (Å²) in [6, 6.07) is 9.59. The molecule has 1 saturated heterocycles. The first-order chi connectivity index (χ1) is 12.3. The van der Waals surface area contributed by atoms with Crippen molar-refractivity contribution >= 4 is 5.91 Å². The second-order valence-corrected chi connectivity index (χ2v) is 6.04. The molecule has 1 fully saturated rings. The normalized spacial score (nSPS) is 15.4. The fourth-order valence-corrected chi connectivity index (χ4v) is 3.05. The first-order valence-corrected chi connectivity index (χ1v) is 8.26. The standard InChI is InChI=1S/C16H18N8O/c25-14(23-8-6-13(7-9-23)15-17-11-18-19-15)10-24-21-16(20-22-24)12-4-2-1-3-5-12/h1-5,11,13H,6-10H2,(H,17,18,19). The third kappa shape index (κ3) is 3.39. The number of aromatic amines is 1. The number of likely N-dealkylation sites (tertiary alicyclic amines) is 1. The molecule has 1 amide bonds. The van der Waals surface area contributed by atoms with E-state index in [-0.39, 0.29) is 12.5 Å². The monoisotopic (exact) mass is 338 g/mol. The number of benzene rings is 1. The van der Waals surface area contributed by atoms with Gasteiger partial charge in [-0.25, -0.2) is 4.98 Å². The fourth-order valence-electron chi connectivity index (χ4n) is 3.05. The van der Waals surface area contributed by atoms with Crippen LogP contribution >= 0.6 is 0 Å². The van der Waals surface area contributed by atoms with Gasteiger partial charge in [-0.3, -0.25) is 9.89 Å². The summed E-state index contributed by atoms with van der Waals surface area (Å²) >= 11 is 0. The molecule has 0 atom stereocenters. The van der Waals surface area contributed by atoms with E-state index in [0.717, 1.165) is 24.2 Å². The van der Waals surface area contributed by atoms with Crippen LogP contribution in [0, 0.1) is 0 Å². The van der Waals surface area contributed by atoms with E-state index in [4.69, 9.17) is 0 Å². The SMILES string of the molecule is O=C(Cn1nnc(-c2ccccc2)n1)N1CCC(c2ncn[nH]2)CC1. The molecular weight excluding hydrogens is 320 g/mol. The van der Waals surface area contributed by atoms with Crippen LogP contribution < -0.4 is 0 Å². The van der Waals surface area contributed by atoms with Gasteiger partial charge in [-0.05, 0) is 18.1 Å². The molecule has 25 heavy (non-hydrogen) atoms. The van der Waals surface area contributed by atoms with Gasteiger partial charge in [-0.15, -0.1) is 10.2 Å². The first kappa shape index (κ1) is 15.4. The van der Waals surface area contributed by atoms with E-state index in [1.165, 1.54) is 11.1 Å². The number of carbonyl (C=O) groups is 1. The van der Waals surface area contributed by atoms with E-state index < -0.39 is 0 Å². The van der Waals surface area contributed by atoms with Gasteiger partial charge in [0.1, 0.15) is 18.7 Å². The summed E-state index contributed by atoms with van der Waals surface area (Å²) in [5, 5.41) is 19.1. The van der Waals surface area contributed by atoms with Crippen LogP contribution in [0.5, 0.6) is 0 Å². The molecule has 0 unspecified atom stereocenters. The van der Waals surface area contributed by atoms with Crippen molar-refractivity contribution in [2.24, 2.45) is 0 Å². The van der Waals surface area contributed by atoms with Crippen LogP contribution in [0.1, 0.15) is 24.6 Å². The molecule has 4 rings (SSSR count). The minimum absolute atomic E-state index is 0.00744. The van der Waals surface area contributed by atoms with Crippen molar-refractivity contribution in [1.29, 1.82) is 0 Å². The number of carbonyl (C=O) groups excluding carboxylic acids is 1. The second kappa shape index (κ2) is 6.80. The zero-order chi connectivity index (χ0) is 17.1. The second-order valence-electron chi connectivity index (χ2n) is 6.04. The fraction of sp³-hybridized carbons (Fsp3) is 0.375. The van der Waals surface area contributed by atoms with Crippen molar-refractivity contribution in [2.75, 3.05) is 13.1 Å². The quantitative estimate of drug-likeness (QED) is 0.756. The van der Waals surface area contributed by atoms with Gasteiger partial charge in [-0.2, -0.15) is 9.90 Å². The molecule has 3 aromatic rings. The molecule has 0 radical (unpaired) electrons. The van der Waals surface area contributed by atoms with E-state index in [0.29, 0.717) is 24.8 Å². The first-order valence-electron chi connectivity index (χ1n) is 8.26. The maximum absolute atomic E-state index is 12.5. The highest BCUT2D eigenvalue weighted by atomic mass is 16.2. The lowest BCUT2D eigenvalue weighted by atomic mass is 9.96. The highest BCUT2D eigenvalue weighted by molar-refractivity contribution is 5.75. The molecule has 2 aromatic heterocycles. The Morgan fingerprint density at radius 3 is 2.72 bits per heavy atom. The molecule has 1 aliphatic rings. The Balaban J connectivity index is 1.34. The average Bonchev–Trinajstić information content (AvgIpc) is 3.35.